The van der Waals surface area contributed by atoms with Crippen LogP contribution in [0.15, 0.2) is 30.3 Å². The Morgan fingerprint density at radius 1 is 1.30 bits per heavy atom. The molecule has 0 amide bonds. The van der Waals surface area contributed by atoms with E-state index in [-0.39, 0.29) is 16.5 Å². The second-order valence-corrected chi connectivity index (χ2v) is 8.68. The first-order valence-corrected chi connectivity index (χ1v) is 9.40. The van der Waals surface area contributed by atoms with Crippen LogP contribution in [-0.2, 0) is 9.84 Å². The average Bonchev–Trinajstić information content (AvgIpc) is 2.77. The Kier molecular flexibility index (Phi) is 3.58. The van der Waals surface area contributed by atoms with Gasteiger partial charge in [0.15, 0.2) is 9.84 Å². The molecule has 5 heteroatoms. The normalized spacial score (nSPS) is 23.0. The van der Waals surface area contributed by atoms with Gasteiger partial charge in [0.05, 0.1) is 17.0 Å². The lowest BCUT2D eigenvalue weighted by Gasteiger charge is -2.17. The maximum Gasteiger partial charge on any atom is 0.150 e. The number of aromatic nitrogens is 1. The lowest BCUT2D eigenvalue weighted by Crippen LogP contribution is -2.10. The molecule has 106 valence electrons. The van der Waals surface area contributed by atoms with Crippen molar-refractivity contribution in [1.82, 2.24) is 4.98 Å². The number of aryl methyl sites for hydroxylation is 1. The third kappa shape index (κ3) is 2.74. The summed E-state index contributed by atoms with van der Waals surface area (Å²) in [6.07, 6.45) is 0.739. The molecule has 1 fully saturated rings. The lowest BCUT2D eigenvalue weighted by atomic mass is 9.97. The molecule has 3 rings (SSSR count). The molecule has 2 unspecified atom stereocenters. The molecule has 1 saturated heterocycles. The molecular formula is C15H16BrNO2S. The molecule has 0 bridgehead atoms. The zero-order valence-corrected chi connectivity index (χ0v) is 13.6. The SMILES string of the molecule is Cc1ccc2cc(C(Br)C3CCS(=O)(=O)C3)ccc2n1. The van der Waals surface area contributed by atoms with E-state index < -0.39 is 9.84 Å². The highest BCUT2D eigenvalue weighted by Crippen LogP contribution is 2.38. The topological polar surface area (TPSA) is 47.0 Å². The smallest absolute Gasteiger partial charge is 0.150 e. The van der Waals surface area contributed by atoms with Crippen molar-refractivity contribution in [1.29, 1.82) is 0 Å². The predicted molar refractivity (Wildman–Crippen MR) is 84.9 cm³/mol. The van der Waals surface area contributed by atoms with Crippen LogP contribution in [0.2, 0.25) is 0 Å². The molecule has 2 aromatic rings. The van der Waals surface area contributed by atoms with Gasteiger partial charge in [-0.2, -0.15) is 0 Å². The summed E-state index contributed by atoms with van der Waals surface area (Å²) in [6, 6.07) is 10.2. The molecule has 0 radical (unpaired) electrons. The molecule has 2 heterocycles. The van der Waals surface area contributed by atoms with Gasteiger partial charge in [-0.05, 0) is 43.0 Å². The fraction of sp³-hybridized carbons (Fsp3) is 0.400. The molecule has 1 aromatic heterocycles. The second-order valence-electron chi connectivity index (χ2n) is 5.47. The number of benzene rings is 1. The quantitative estimate of drug-likeness (QED) is 0.777. The van der Waals surface area contributed by atoms with Crippen LogP contribution >= 0.6 is 15.9 Å². The monoisotopic (exact) mass is 353 g/mol. The highest BCUT2D eigenvalue weighted by Gasteiger charge is 2.33. The van der Waals surface area contributed by atoms with E-state index in [0.717, 1.165) is 28.6 Å². The van der Waals surface area contributed by atoms with E-state index in [4.69, 9.17) is 0 Å². The van der Waals surface area contributed by atoms with E-state index in [9.17, 15) is 8.42 Å². The number of halogens is 1. The number of alkyl halides is 1. The van der Waals surface area contributed by atoms with Gasteiger partial charge in [-0.25, -0.2) is 8.42 Å². The van der Waals surface area contributed by atoms with Crippen LogP contribution in [-0.4, -0.2) is 24.9 Å². The van der Waals surface area contributed by atoms with Crippen LogP contribution in [0, 0.1) is 12.8 Å². The van der Waals surface area contributed by atoms with Crippen LogP contribution in [0.3, 0.4) is 0 Å². The number of hydrogen-bond donors (Lipinski definition) is 0. The Labute approximate surface area is 127 Å². The zero-order chi connectivity index (χ0) is 14.3. The molecule has 1 aromatic carbocycles. The summed E-state index contributed by atoms with van der Waals surface area (Å²) in [5.41, 5.74) is 3.11. The molecule has 0 aliphatic carbocycles. The summed E-state index contributed by atoms with van der Waals surface area (Å²) in [5.74, 6) is 0.761. The lowest BCUT2D eigenvalue weighted by molar-refractivity contribution is 0.580. The first kappa shape index (κ1) is 14.0. The molecule has 0 saturated carbocycles. The van der Waals surface area contributed by atoms with Gasteiger partial charge >= 0.3 is 0 Å². The Hall–Kier alpha value is -0.940. The van der Waals surface area contributed by atoms with Crippen molar-refractivity contribution in [2.75, 3.05) is 11.5 Å². The molecule has 3 nitrogen and oxygen atoms in total. The Bertz CT molecular complexity index is 758. The molecule has 2 atom stereocenters. The minimum absolute atomic E-state index is 0.0884. The van der Waals surface area contributed by atoms with Crippen LogP contribution < -0.4 is 0 Å². The maximum absolute atomic E-state index is 11.6. The molecular weight excluding hydrogens is 338 g/mol. The van der Waals surface area contributed by atoms with Crippen molar-refractivity contribution in [3.63, 3.8) is 0 Å². The van der Waals surface area contributed by atoms with Crippen LogP contribution in [0.5, 0.6) is 0 Å². The third-order valence-electron chi connectivity index (χ3n) is 3.85. The fourth-order valence-electron chi connectivity index (χ4n) is 2.74. The van der Waals surface area contributed by atoms with Gasteiger partial charge in [0.1, 0.15) is 0 Å². The summed E-state index contributed by atoms with van der Waals surface area (Å²) in [5, 5.41) is 1.10. The second kappa shape index (κ2) is 5.11. The highest BCUT2D eigenvalue weighted by molar-refractivity contribution is 9.09. The number of sulfone groups is 1. The summed E-state index contributed by atoms with van der Waals surface area (Å²) >= 11 is 3.68. The van der Waals surface area contributed by atoms with Gasteiger partial charge in [0.2, 0.25) is 0 Å². The van der Waals surface area contributed by atoms with Crippen LogP contribution in [0.1, 0.15) is 22.5 Å². The number of fused-ring (bicyclic) bond motifs is 1. The summed E-state index contributed by atoms with van der Waals surface area (Å²) in [4.78, 5) is 4.57. The standard InChI is InChI=1S/C15H16BrNO2S/c1-10-2-3-11-8-12(4-5-14(11)17-10)15(16)13-6-7-20(18,19)9-13/h2-5,8,13,15H,6-7,9H2,1H3. The third-order valence-corrected chi connectivity index (χ3v) is 6.92. The van der Waals surface area contributed by atoms with E-state index in [1.165, 1.54) is 0 Å². The summed E-state index contributed by atoms with van der Waals surface area (Å²) in [6.45, 7) is 1.98. The maximum atomic E-state index is 11.6. The van der Waals surface area contributed by atoms with Crippen molar-refractivity contribution in [3.8, 4) is 0 Å². The van der Waals surface area contributed by atoms with E-state index in [2.05, 4.69) is 33.0 Å². The Balaban J connectivity index is 1.92. The van der Waals surface area contributed by atoms with Gasteiger partial charge in [0, 0.05) is 15.9 Å². The predicted octanol–water partition coefficient (Wildman–Crippen LogP) is 3.41. The van der Waals surface area contributed by atoms with Gasteiger partial charge in [-0.1, -0.05) is 28.1 Å². The minimum Gasteiger partial charge on any atom is -0.253 e. The van der Waals surface area contributed by atoms with Crippen molar-refractivity contribution in [3.05, 3.63) is 41.6 Å². The summed E-state index contributed by atoms with van der Waals surface area (Å²) < 4.78 is 23.2. The highest BCUT2D eigenvalue weighted by atomic mass is 79.9. The number of rotatable bonds is 2. The molecule has 20 heavy (non-hydrogen) atoms. The van der Waals surface area contributed by atoms with Crippen LogP contribution in [0.25, 0.3) is 10.9 Å². The minimum atomic E-state index is -2.84. The molecule has 1 aliphatic heterocycles. The van der Waals surface area contributed by atoms with Gasteiger partial charge < -0.3 is 0 Å². The molecule has 1 aliphatic rings. The van der Waals surface area contributed by atoms with Crippen LogP contribution in [0.4, 0.5) is 0 Å². The average molecular weight is 354 g/mol. The number of pyridine rings is 1. The largest absolute Gasteiger partial charge is 0.253 e. The van der Waals surface area contributed by atoms with Crippen molar-refractivity contribution >= 4 is 36.7 Å². The Morgan fingerprint density at radius 3 is 2.80 bits per heavy atom. The first-order chi connectivity index (χ1) is 9.44. The molecule has 0 spiro atoms. The van der Waals surface area contributed by atoms with Gasteiger partial charge in [-0.3, -0.25) is 4.98 Å². The first-order valence-electron chi connectivity index (χ1n) is 6.66. The fourth-order valence-corrected chi connectivity index (χ4v) is 5.57. The van der Waals surface area contributed by atoms with E-state index >= 15 is 0 Å². The van der Waals surface area contributed by atoms with E-state index in [1.54, 1.807) is 0 Å². The summed E-state index contributed by atoms with van der Waals surface area (Å²) in [7, 11) is -2.84. The molecule has 0 N–H and O–H groups in total. The number of nitrogens with zero attached hydrogens (tertiary/aromatic N) is 1. The number of hydrogen-bond acceptors (Lipinski definition) is 3. The van der Waals surface area contributed by atoms with E-state index in [1.807, 2.05) is 25.1 Å². The zero-order valence-electron chi connectivity index (χ0n) is 11.2. The van der Waals surface area contributed by atoms with Crippen molar-refractivity contribution in [2.24, 2.45) is 5.92 Å². The van der Waals surface area contributed by atoms with Crippen molar-refractivity contribution in [2.45, 2.75) is 18.2 Å². The van der Waals surface area contributed by atoms with Gasteiger partial charge in [-0.15, -0.1) is 0 Å². The van der Waals surface area contributed by atoms with E-state index in [0.29, 0.717) is 5.75 Å². The van der Waals surface area contributed by atoms with Gasteiger partial charge in [0.25, 0.3) is 0 Å². The Morgan fingerprint density at radius 2 is 2.10 bits per heavy atom. The van der Waals surface area contributed by atoms with Crippen molar-refractivity contribution < 1.29 is 8.42 Å².